The number of aromatic nitrogens is 1. The molecule has 1 saturated heterocycles. The molecule has 0 aromatic carbocycles. The number of halogens is 2. The van der Waals surface area contributed by atoms with Gasteiger partial charge in [-0.15, -0.1) is 0 Å². The highest BCUT2D eigenvalue weighted by atomic mass is 35.5. The van der Waals surface area contributed by atoms with Crippen LogP contribution in [0.4, 0.5) is 0 Å². The van der Waals surface area contributed by atoms with E-state index >= 15 is 0 Å². The molecule has 1 aromatic heterocycles. The predicted molar refractivity (Wildman–Crippen MR) is 62.4 cm³/mol. The van der Waals surface area contributed by atoms with Crippen molar-refractivity contribution in [3.63, 3.8) is 0 Å². The summed E-state index contributed by atoms with van der Waals surface area (Å²) in [5.41, 5.74) is 0.867. The minimum Gasteiger partial charge on any atom is -0.314 e. The molecule has 3 nitrogen and oxygen atoms in total. The van der Waals surface area contributed by atoms with Crippen molar-refractivity contribution in [2.75, 3.05) is 26.2 Å². The molecule has 0 atom stereocenters. The Morgan fingerprint density at radius 2 is 2.00 bits per heavy atom. The topological polar surface area (TPSA) is 28.2 Å². The van der Waals surface area contributed by atoms with Crippen molar-refractivity contribution >= 4 is 23.2 Å². The predicted octanol–water partition coefficient (Wildman–Crippen LogP) is 1.79. The Labute approximate surface area is 99.4 Å². The van der Waals surface area contributed by atoms with Crippen LogP contribution in [0.5, 0.6) is 0 Å². The molecule has 82 valence electrons. The molecule has 0 bridgehead atoms. The molecule has 0 aliphatic carbocycles. The van der Waals surface area contributed by atoms with Gasteiger partial charge in [-0.25, -0.2) is 4.98 Å². The first-order valence-electron chi connectivity index (χ1n) is 5.00. The molecule has 1 aliphatic rings. The zero-order valence-electron chi connectivity index (χ0n) is 8.34. The normalized spacial score (nSPS) is 18.0. The molecule has 2 heterocycles. The Bertz CT molecular complexity index is 337. The van der Waals surface area contributed by atoms with Crippen LogP contribution in [0.3, 0.4) is 0 Å². The van der Waals surface area contributed by atoms with E-state index in [0.717, 1.165) is 38.4 Å². The van der Waals surface area contributed by atoms with Crippen LogP contribution in [0.2, 0.25) is 10.2 Å². The van der Waals surface area contributed by atoms with Gasteiger partial charge in [0.1, 0.15) is 5.15 Å². The van der Waals surface area contributed by atoms with Gasteiger partial charge in [0.05, 0.1) is 10.7 Å². The maximum absolute atomic E-state index is 6.05. The second-order valence-corrected chi connectivity index (χ2v) is 4.38. The SMILES string of the molecule is Clc1ccc(Cl)c(CN2CCNCC2)n1. The number of nitrogens with zero attached hydrogens (tertiary/aromatic N) is 2. The summed E-state index contributed by atoms with van der Waals surface area (Å²) in [4.78, 5) is 6.56. The van der Waals surface area contributed by atoms with Gasteiger partial charge in [-0.3, -0.25) is 4.90 Å². The first kappa shape index (κ1) is 11.1. The molecule has 1 N–H and O–H groups in total. The largest absolute Gasteiger partial charge is 0.314 e. The van der Waals surface area contributed by atoms with Gasteiger partial charge in [0.25, 0.3) is 0 Å². The Hall–Kier alpha value is -0.350. The van der Waals surface area contributed by atoms with Gasteiger partial charge < -0.3 is 5.32 Å². The average Bonchev–Trinajstić information content (AvgIpc) is 2.25. The van der Waals surface area contributed by atoms with Crippen molar-refractivity contribution < 1.29 is 0 Å². The quantitative estimate of drug-likeness (QED) is 0.806. The lowest BCUT2D eigenvalue weighted by Gasteiger charge is -2.27. The van der Waals surface area contributed by atoms with Crippen molar-refractivity contribution in [2.45, 2.75) is 6.54 Å². The Morgan fingerprint density at radius 3 is 2.73 bits per heavy atom. The fourth-order valence-corrected chi connectivity index (χ4v) is 1.98. The highest BCUT2D eigenvalue weighted by Crippen LogP contribution is 2.18. The average molecular weight is 246 g/mol. The molecule has 5 heteroatoms. The van der Waals surface area contributed by atoms with Crippen molar-refractivity contribution in [2.24, 2.45) is 0 Å². The van der Waals surface area contributed by atoms with Crippen molar-refractivity contribution in [1.82, 2.24) is 15.2 Å². The van der Waals surface area contributed by atoms with E-state index in [4.69, 9.17) is 23.2 Å². The third-order valence-corrected chi connectivity index (χ3v) is 3.02. The first-order chi connectivity index (χ1) is 7.25. The Morgan fingerprint density at radius 1 is 1.27 bits per heavy atom. The monoisotopic (exact) mass is 245 g/mol. The lowest BCUT2D eigenvalue weighted by Crippen LogP contribution is -2.43. The van der Waals surface area contributed by atoms with Crippen LogP contribution in [0.1, 0.15) is 5.69 Å². The Kier molecular flexibility index (Phi) is 3.81. The van der Waals surface area contributed by atoms with E-state index in [1.807, 2.05) is 0 Å². The molecule has 0 amide bonds. The molecule has 1 fully saturated rings. The molecule has 1 aliphatic heterocycles. The van der Waals surface area contributed by atoms with E-state index in [1.165, 1.54) is 0 Å². The molecular weight excluding hydrogens is 233 g/mol. The van der Waals surface area contributed by atoms with Crippen LogP contribution in [-0.4, -0.2) is 36.1 Å². The fraction of sp³-hybridized carbons (Fsp3) is 0.500. The summed E-state index contributed by atoms with van der Waals surface area (Å²) in [7, 11) is 0. The molecule has 1 aromatic rings. The molecule has 0 spiro atoms. The number of rotatable bonds is 2. The number of piperazine rings is 1. The van der Waals surface area contributed by atoms with Crippen LogP contribution in [0.15, 0.2) is 12.1 Å². The zero-order chi connectivity index (χ0) is 10.7. The summed E-state index contributed by atoms with van der Waals surface area (Å²) in [6, 6.07) is 3.51. The highest BCUT2D eigenvalue weighted by molar-refractivity contribution is 6.32. The van der Waals surface area contributed by atoms with Gasteiger partial charge in [0.15, 0.2) is 0 Å². The third-order valence-electron chi connectivity index (χ3n) is 2.47. The van der Waals surface area contributed by atoms with Crippen LogP contribution in [0.25, 0.3) is 0 Å². The molecule has 15 heavy (non-hydrogen) atoms. The van der Waals surface area contributed by atoms with Crippen LogP contribution in [-0.2, 0) is 6.54 Å². The van der Waals surface area contributed by atoms with E-state index in [9.17, 15) is 0 Å². The summed E-state index contributed by atoms with van der Waals surface area (Å²) in [6.07, 6.45) is 0. The number of pyridine rings is 1. The molecular formula is C10H13Cl2N3. The number of nitrogens with one attached hydrogen (secondary N) is 1. The van der Waals surface area contributed by atoms with E-state index in [-0.39, 0.29) is 0 Å². The number of hydrogen-bond acceptors (Lipinski definition) is 3. The maximum Gasteiger partial charge on any atom is 0.129 e. The van der Waals surface area contributed by atoms with Gasteiger partial charge in [-0.2, -0.15) is 0 Å². The van der Waals surface area contributed by atoms with E-state index in [0.29, 0.717) is 10.2 Å². The third kappa shape index (κ3) is 3.05. The molecule has 0 saturated carbocycles. The zero-order valence-corrected chi connectivity index (χ0v) is 9.85. The molecule has 2 rings (SSSR count). The van der Waals surface area contributed by atoms with Gasteiger partial charge in [0, 0.05) is 32.7 Å². The Balaban J connectivity index is 2.05. The lowest BCUT2D eigenvalue weighted by molar-refractivity contribution is 0.231. The van der Waals surface area contributed by atoms with Gasteiger partial charge >= 0.3 is 0 Å². The van der Waals surface area contributed by atoms with Gasteiger partial charge in [-0.05, 0) is 12.1 Å². The van der Waals surface area contributed by atoms with Crippen molar-refractivity contribution in [1.29, 1.82) is 0 Å². The van der Waals surface area contributed by atoms with Crippen LogP contribution >= 0.6 is 23.2 Å². The summed E-state index contributed by atoms with van der Waals surface area (Å²) >= 11 is 11.9. The highest BCUT2D eigenvalue weighted by Gasteiger charge is 2.12. The second kappa shape index (κ2) is 5.12. The molecule has 0 unspecified atom stereocenters. The van der Waals surface area contributed by atoms with Gasteiger partial charge in [0.2, 0.25) is 0 Å². The molecule has 0 radical (unpaired) electrons. The minimum absolute atomic E-state index is 0.504. The summed E-state index contributed by atoms with van der Waals surface area (Å²) in [6.45, 7) is 4.90. The van der Waals surface area contributed by atoms with Gasteiger partial charge in [-0.1, -0.05) is 23.2 Å². The lowest BCUT2D eigenvalue weighted by atomic mass is 10.3. The second-order valence-electron chi connectivity index (χ2n) is 3.59. The van der Waals surface area contributed by atoms with Crippen LogP contribution in [0, 0.1) is 0 Å². The van der Waals surface area contributed by atoms with Crippen LogP contribution < -0.4 is 5.32 Å². The summed E-state index contributed by atoms with van der Waals surface area (Å²) < 4.78 is 0. The fourth-order valence-electron chi connectivity index (χ4n) is 1.65. The summed E-state index contributed by atoms with van der Waals surface area (Å²) in [5.74, 6) is 0. The maximum atomic E-state index is 6.05. The standard InChI is InChI=1S/C10H13Cl2N3/c11-8-1-2-10(12)14-9(8)7-15-5-3-13-4-6-15/h1-2,13H,3-7H2. The first-order valence-corrected chi connectivity index (χ1v) is 5.75. The van der Waals surface area contributed by atoms with Crippen molar-refractivity contribution in [3.05, 3.63) is 28.0 Å². The number of hydrogen-bond donors (Lipinski definition) is 1. The van der Waals surface area contributed by atoms with Crippen molar-refractivity contribution in [3.8, 4) is 0 Å². The van der Waals surface area contributed by atoms with E-state index < -0.39 is 0 Å². The smallest absolute Gasteiger partial charge is 0.129 e. The van der Waals surface area contributed by atoms with E-state index in [1.54, 1.807) is 12.1 Å². The minimum atomic E-state index is 0.504. The van der Waals surface area contributed by atoms with E-state index in [2.05, 4.69) is 15.2 Å². The summed E-state index contributed by atoms with van der Waals surface area (Å²) in [5, 5.41) is 4.50.